The maximum absolute atomic E-state index is 7.23. The molecular formula is C6H12O2. The van der Waals surface area contributed by atoms with E-state index < -0.39 is 38.3 Å². The van der Waals surface area contributed by atoms with Gasteiger partial charge in [-0.05, 0) is 26.1 Å². The average Bonchev–Trinajstić information content (AvgIpc) is 2.09. The molecule has 0 saturated heterocycles. The standard InChI is InChI=1S/C6H12O2/c1-5(2)6(3,4)8-7/h7H,1H2,2-4H3/i1D2,2D3,3D3,4D3/hD. The van der Waals surface area contributed by atoms with E-state index in [9.17, 15) is 0 Å². The molecule has 0 spiro atoms. The first-order valence-corrected chi connectivity index (χ1v) is 1.62. The van der Waals surface area contributed by atoms with Crippen molar-refractivity contribution in [1.82, 2.24) is 0 Å². The van der Waals surface area contributed by atoms with Crippen LogP contribution in [-0.2, 0) is 4.89 Å². The fraction of sp³-hybridized carbons (Fsp3) is 0.667. The highest BCUT2D eigenvalue weighted by molar-refractivity contribution is 5.04. The second-order valence-corrected chi connectivity index (χ2v) is 1.14. The lowest BCUT2D eigenvalue weighted by Gasteiger charge is -2.19. The van der Waals surface area contributed by atoms with Gasteiger partial charge in [0.25, 0.3) is 1.43 Å². The summed E-state index contributed by atoms with van der Waals surface area (Å²) in [7, 11) is 0. The van der Waals surface area contributed by atoms with Gasteiger partial charge in [-0.2, -0.15) is 0 Å². The summed E-state index contributed by atoms with van der Waals surface area (Å²) in [6.07, 6.45) is 0. The van der Waals surface area contributed by atoms with Gasteiger partial charge in [0.1, 0.15) is 5.60 Å². The second-order valence-electron chi connectivity index (χ2n) is 1.14. The molecule has 0 fully saturated rings. The molecule has 0 aliphatic heterocycles. The van der Waals surface area contributed by atoms with Crippen molar-refractivity contribution >= 4 is 0 Å². The molecule has 2 heteroatoms. The largest absolute Gasteiger partial charge is 0.255 e. The number of hydrogen-bond acceptors (Lipinski definition) is 2. The predicted molar refractivity (Wildman–Crippen MR) is 32.6 cm³/mol. The molecule has 0 atom stereocenters. The summed E-state index contributed by atoms with van der Waals surface area (Å²) in [6.45, 7) is -12.2. The summed E-state index contributed by atoms with van der Waals surface area (Å²) in [5.41, 5.74) is -5.21. The normalized spacial score (nSPS) is 37.5. The lowest BCUT2D eigenvalue weighted by Crippen LogP contribution is -2.23. The van der Waals surface area contributed by atoms with Gasteiger partial charge in [-0.1, -0.05) is 6.53 Å². The van der Waals surface area contributed by atoms with Gasteiger partial charge in [0.15, 0.2) is 0 Å². The Morgan fingerprint density at radius 1 is 2.12 bits per heavy atom. The van der Waals surface area contributed by atoms with Crippen molar-refractivity contribution < 1.29 is 25.2 Å². The van der Waals surface area contributed by atoms with E-state index in [2.05, 4.69) is 10.1 Å². The maximum atomic E-state index is 7.23. The molecule has 0 aliphatic carbocycles. The molecule has 0 aromatic heterocycles. The van der Waals surface area contributed by atoms with Crippen molar-refractivity contribution in [3.05, 3.63) is 12.1 Å². The van der Waals surface area contributed by atoms with E-state index >= 15 is 0 Å². The smallest absolute Gasteiger partial charge is 0.251 e. The maximum Gasteiger partial charge on any atom is 0.255 e. The van der Waals surface area contributed by atoms with E-state index in [0.717, 1.165) is 0 Å². The summed E-state index contributed by atoms with van der Waals surface area (Å²) in [6, 6.07) is 0. The first-order chi connectivity index (χ1) is 8.63. The molecular weight excluding hydrogens is 104 g/mol. The van der Waals surface area contributed by atoms with E-state index in [-0.39, 0.29) is 0 Å². The Kier molecular flexibility index (Phi) is 0.279. The monoisotopic (exact) mass is 128 g/mol. The highest BCUT2D eigenvalue weighted by Gasteiger charge is 2.18. The minimum Gasteiger partial charge on any atom is -0.251 e. The van der Waals surface area contributed by atoms with Crippen molar-refractivity contribution in [1.29, 1.82) is 1.43 Å². The molecule has 0 aliphatic rings. The molecule has 2 nitrogen and oxygen atoms in total. The van der Waals surface area contributed by atoms with E-state index in [4.69, 9.17) is 16.5 Å². The fourth-order valence-corrected chi connectivity index (χ4v) is 0.0417. The Labute approximate surface area is 66.7 Å². The molecule has 0 aromatic carbocycles. The van der Waals surface area contributed by atoms with E-state index in [1.807, 2.05) is 0 Å². The topological polar surface area (TPSA) is 29.5 Å². The first kappa shape index (κ1) is 0.976. The Morgan fingerprint density at radius 2 is 3.00 bits per heavy atom. The zero-order valence-electron chi connectivity index (χ0n) is 15.8. The molecule has 0 saturated carbocycles. The van der Waals surface area contributed by atoms with Gasteiger partial charge in [-0.25, -0.2) is 4.89 Å². The molecule has 0 bridgehead atoms. The molecule has 0 aromatic rings. The van der Waals surface area contributed by atoms with E-state index in [1.54, 1.807) is 0 Å². The molecule has 0 radical (unpaired) electrons. The summed E-state index contributed by atoms with van der Waals surface area (Å²) in [5.74, 6) is 0. The van der Waals surface area contributed by atoms with Crippen LogP contribution in [0.5, 0.6) is 0 Å². The lowest BCUT2D eigenvalue weighted by atomic mass is 10.0. The lowest BCUT2D eigenvalue weighted by molar-refractivity contribution is -0.300. The van der Waals surface area contributed by atoms with Crippen LogP contribution in [0.4, 0.5) is 0 Å². The summed E-state index contributed by atoms with van der Waals surface area (Å²) in [4.78, 5) is 3.99. The average molecular weight is 128 g/mol. The number of hydrogen-bond donors (Lipinski definition) is 1. The highest BCUT2D eigenvalue weighted by atomic mass is 17.1. The number of rotatable bonds is 3. The molecule has 48 valence electrons. The quantitative estimate of drug-likeness (QED) is 0.357. The van der Waals surface area contributed by atoms with Crippen molar-refractivity contribution in [2.24, 2.45) is 0 Å². The van der Waals surface area contributed by atoms with Gasteiger partial charge >= 0.3 is 0 Å². The van der Waals surface area contributed by atoms with Gasteiger partial charge in [-0.3, -0.25) is 5.26 Å². The fourth-order valence-electron chi connectivity index (χ4n) is 0.0417. The molecule has 0 heterocycles. The minimum absolute atomic E-state index is 1.56. The van der Waals surface area contributed by atoms with Gasteiger partial charge in [0.2, 0.25) is 0 Å². The van der Waals surface area contributed by atoms with Crippen LogP contribution < -0.4 is 0 Å². The summed E-state index contributed by atoms with van der Waals surface area (Å²) in [5, 5.41) is 3.37. The molecule has 0 rings (SSSR count). The van der Waals surface area contributed by atoms with Crippen LogP contribution in [0.1, 0.15) is 35.6 Å². The van der Waals surface area contributed by atoms with Crippen LogP contribution in [-0.4, -0.2) is 10.9 Å². The summed E-state index contributed by atoms with van der Waals surface area (Å²) < 4.78 is 85.4. The van der Waals surface area contributed by atoms with Crippen LogP contribution in [0.25, 0.3) is 1.43 Å². The predicted octanol–water partition coefficient (Wildman–Crippen LogP) is 1.83. The van der Waals surface area contributed by atoms with Gasteiger partial charge < -0.3 is 0 Å². The zero-order chi connectivity index (χ0) is 16.6. The van der Waals surface area contributed by atoms with Crippen LogP contribution in [0.2, 0.25) is 0 Å². The third-order valence-electron chi connectivity index (χ3n) is 0.477. The molecule has 0 amide bonds. The Hall–Kier alpha value is -0.340. The van der Waals surface area contributed by atoms with Crippen molar-refractivity contribution in [3.8, 4) is 0 Å². The third kappa shape index (κ3) is 1.64. The van der Waals surface area contributed by atoms with E-state index in [1.165, 1.54) is 0 Å². The van der Waals surface area contributed by atoms with Crippen LogP contribution in [0.3, 0.4) is 0 Å². The SMILES string of the molecule is [2H]OOC(C(=C([2H])[2H])C([2H])([2H])[2H])(C([2H])([2H])[2H])C([2H])([2H])[2H]. The van der Waals surface area contributed by atoms with Gasteiger partial charge in [0, 0.05) is 12.3 Å². The van der Waals surface area contributed by atoms with Crippen molar-refractivity contribution in [3.63, 3.8) is 0 Å². The van der Waals surface area contributed by atoms with Gasteiger partial charge in [0.05, 0.1) is 2.74 Å². The van der Waals surface area contributed by atoms with Gasteiger partial charge in [-0.15, -0.1) is 0 Å². The van der Waals surface area contributed by atoms with Crippen LogP contribution >= 0.6 is 0 Å². The van der Waals surface area contributed by atoms with E-state index in [0.29, 0.717) is 0 Å². The molecule has 8 heavy (non-hydrogen) atoms. The first-order valence-electron chi connectivity index (χ1n) is 7.53. The Morgan fingerprint density at radius 3 is 3.38 bits per heavy atom. The van der Waals surface area contributed by atoms with Crippen molar-refractivity contribution in [2.45, 2.75) is 26.2 Å². The Bertz CT molecular complexity index is 355. The minimum atomic E-state index is -3.63. The van der Waals surface area contributed by atoms with Crippen molar-refractivity contribution in [2.75, 3.05) is 0 Å². The third-order valence-corrected chi connectivity index (χ3v) is 0.477. The van der Waals surface area contributed by atoms with Crippen LogP contribution in [0, 0.1) is 0 Å². The highest BCUT2D eigenvalue weighted by Crippen LogP contribution is 2.15. The molecule has 1 N–H and O–H groups in total. The second kappa shape index (κ2) is 2.29. The summed E-state index contributed by atoms with van der Waals surface area (Å²) >= 11 is 0. The van der Waals surface area contributed by atoms with Crippen LogP contribution in [0.15, 0.2) is 12.1 Å². The zero-order valence-corrected chi connectivity index (χ0v) is 3.82. The molecule has 0 unspecified atom stereocenters. The Balaban J connectivity index is 6.63.